The van der Waals surface area contributed by atoms with Crippen LogP contribution in [0.2, 0.25) is 0 Å². The van der Waals surface area contributed by atoms with Crippen molar-refractivity contribution in [1.82, 2.24) is 5.32 Å². The first-order chi connectivity index (χ1) is 7.59. The lowest BCUT2D eigenvalue weighted by molar-refractivity contribution is 0.205. The lowest BCUT2D eigenvalue weighted by atomic mass is 9.90. The smallest absolute Gasteiger partial charge is 0.0683 e. The van der Waals surface area contributed by atoms with Crippen LogP contribution in [0.5, 0.6) is 0 Å². The van der Waals surface area contributed by atoms with Crippen molar-refractivity contribution in [1.29, 1.82) is 5.26 Å². The monoisotopic (exact) mass is 224 g/mol. The fraction of sp³-hybridized carbons (Fsp3) is 0.923. The molecule has 0 bridgehead atoms. The highest BCUT2D eigenvalue weighted by atomic mass is 16.3. The molecule has 16 heavy (non-hydrogen) atoms. The molecule has 1 fully saturated rings. The molecule has 0 spiro atoms. The number of nitriles is 1. The van der Waals surface area contributed by atoms with Crippen LogP contribution in [0.3, 0.4) is 0 Å². The molecular formula is C13H24N2O. The van der Waals surface area contributed by atoms with E-state index in [-0.39, 0.29) is 5.41 Å². The zero-order chi connectivity index (χ0) is 12.0. The van der Waals surface area contributed by atoms with Crippen molar-refractivity contribution >= 4 is 0 Å². The highest BCUT2D eigenvalue weighted by Gasteiger charge is 2.25. The molecule has 0 amide bonds. The van der Waals surface area contributed by atoms with Crippen LogP contribution in [0.4, 0.5) is 0 Å². The van der Waals surface area contributed by atoms with Gasteiger partial charge in [-0.1, -0.05) is 6.42 Å². The summed E-state index contributed by atoms with van der Waals surface area (Å²) in [5.74, 6) is 0.448. The molecule has 0 radical (unpaired) electrons. The Balaban J connectivity index is 2.14. The Morgan fingerprint density at radius 1 is 1.44 bits per heavy atom. The summed E-state index contributed by atoms with van der Waals surface area (Å²) >= 11 is 0. The molecule has 2 unspecified atom stereocenters. The number of nitrogens with zero attached hydrogens (tertiary/aromatic N) is 1. The predicted molar refractivity (Wildman–Crippen MR) is 64.8 cm³/mol. The van der Waals surface area contributed by atoms with Gasteiger partial charge < -0.3 is 10.4 Å². The Morgan fingerprint density at radius 2 is 2.19 bits per heavy atom. The second-order valence-corrected chi connectivity index (χ2v) is 5.53. The molecule has 2 atom stereocenters. The third-order valence-corrected chi connectivity index (χ3v) is 3.58. The molecule has 0 aliphatic heterocycles. The van der Waals surface area contributed by atoms with Gasteiger partial charge in [-0.15, -0.1) is 0 Å². The lowest BCUT2D eigenvalue weighted by Crippen LogP contribution is -2.35. The fourth-order valence-corrected chi connectivity index (χ4v) is 2.40. The topological polar surface area (TPSA) is 56.0 Å². The summed E-state index contributed by atoms with van der Waals surface area (Å²) < 4.78 is 0. The lowest BCUT2D eigenvalue weighted by Gasteiger charge is -2.20. The highest BCUT2D eigenvalue weighted by Crippen LogP contribution is 2.25. The van der Waals surface area contributed by atoms with Gasteiger partial charge in [-0.25, -0.2) is 0 Å². The van der Waals surface area contributed by atoms with E-state index in [1.807, 2.05) is 13.8 Å². The molecule has 0 aromatic carbocycles. The maximum absolute atomic E-state index is 9.18. The standard InChI is InChI=1S/C13H24N2O/c1-13(2,10-14)7-4-8-15-12-6-3-5-11(12)9-16/h11-12,15-16H,3-9H2,1-2H3. The van der Waals surface area contributed by atoms with Crippen molar-refractivity contribution in [2.75, 3.05) is 13.2 Å². The van der Waals surface area contributed by atoms with Gasteiger partial charge in [-0.05, 0) is 52.0 Å². The first-order valence-corrected chi connectivity index (χ1v) is 6.34. The molecule has 1 aliphatic rings. The summed E-state index contributed by atoms with van der Waals surface area (Å²) in [7, 11) is 0. The van der Waals surface area contributed by atoms with Gasteiger partial charge in [0, 0.05) is 12.6 Å². The Labute approximate surface area is 98.8 Å². The minimum atomic E-state index is -0.201. The van der Waals surface area contributed by atoms with Crippen LogP contribution in [0.1, 0.15) is 46.0 Å². The molecular weight excluding hydrogens is 200 g/mol. The molecule has 3 nitrogen and oxygen atoms in total. The van der Waals surface area contributed by atoms with Crippen molar-refractivity contribution in [3.8, 4) is 6.07 Å². The SMILES string of the molecule is CC(C)(C#N)CCCNC1CCCC1CO. The van der Waals surface area contributed by atoms with Crippen LogP contribution in [-0.2, 0) is 0 Å². The summed E-state index contributed by atoms with van der Waals surface area (Å²) in [5.41, 5.74) is -0.201. The van der Waals surface area contributed by atoms with Crippen LogP contribution >= 0.6 is 0 Å². The minimum Gasteiger partial charge on any atom is -0.396 e. The third-order valence-electron chi connectivity index (χ3n) is 3.58. The maximum atomic E-state index is 9.18. The van der Waals surface area contributed by atoms with Gasteiger partial charge in [-0.3, -0.25) is 0 Å². The van der Waals surface area contributed by atoms with E-state index in [4.69, 9.17) is 5.26 Å². The molecule has 2 N–H and O–H groups in total. The van der Waals surface area contributed by atoms with Gasteiger partial charge in [-0.2, -0.15) is 5.26 Å². The van der Waals surface area contributed by atoms with E-state index in [9.17, 15) is 5.11 Å². The van der Waals surface area contributed by atoms with E-state index in [1.165, 1.54) is 12.8 Å². The van der Waals surface area contributed by atoms with E-state index < -0.39 is 0 Å². The molecule has 1 rings (SSSR count). The summed E-state index contributed by atoms with van der Waals surface area (Å²) in [6.07, 6.45) is 5.54. The fourth-order valence-electron chi connectivity index (χ4n) is 2.40. The largest absolute Gasteiger partial charge is 0.396 e. The Morgan fingerprint density at radius 3 is 2.81 bits per heavy atom. The molecule has 1 saturated carbocycles. The van der Waals surface area contributed by atoms with Crippen molar-refractivity contribution in [3.05, 3.63) is 0 Å². The van der Waals surface area contributed by atoms with E-state index in [0.717, 1.165) is 25.8 Å². The number of aliphatic hydroxyl groups is 1. The molecule has 0 aromatic heterocycles. The van der Waals surface area contributed by atoms with Crippen molar-refractivity contribution in [2.45, 2.75) is 52.0 Å². The summed E-state index contributed by atoms with van der Waals surface area (Å²) in [6, 6.07) is 2.82. The van der Waals surface area contributed by atoms with Gasteiger partial charge in [0.1, 0.15) is 0 Å². The molecule has 1 aliphatic carbocycles. The summed E-state index contributed by atoms with van der Waals surface area (Å²) in [5, 5.41) is 21.6. The number of rotatable bonds is 6. The zero-order valence-electron chi connectivity index (χ0n) is 10.5. The first kappa shape index (κ1) is 13.5. The summed E-state index contributed by atoms with van der Waals surface area (Å²) in [6.45, 7) is 5.24. The number of hydrogen-bond acceptors (Lipinski definition) is 3. The third kappa shape index (κ3) is 4.11. The van der Waals surface area contributed by atoms with E-state index in [1.54, 1.807) is 0 Å². The van der Waals surface area contributed by atoms with Gasteiger partial charge in [0.05, 0.1) is 11.5 Å². The average molecular weight is 224 g/mol. The average Bonchev–Trinajstić information content (AvgIpc) is 2.72. The highest BCUT2D eigenvalue weighted by molar-refractivity contribution is 4.91. The van der Waals surface area contributed by atoms with E-state index in [0.29, 0.717) is 18.6 Å². The number of hydrogen-bond donors (Lipinski definition) is 2. The Kier molecular flexibility index (Phi) is 5.24. The molecule has 0 saturated heterocycles. The summed E-state index contributed by atoms with van der Waals surface area (Å²) in [4.78, 5) is 0. The van der Waals surface area contributed by atoms with Gasteiger partial charge in [0.15, 0.2) is 0 Å². The van der Waals surface area contributed by atoms with E-state index >= 15 is 0 Å². The van der Waals surface area contributed by atoms with Crippen LogP contribution in [-0.4, -0.2) is 24.3 Å². The van der Waals surface area contributed by atoms with Gasteiger partial charge in [0.25, 0.3) is 0 Å². The molecule has 92 valence electrons. The normalized spacial score (nSPS) is 25.6. The van der Waals surface area contributed by atoms with Crippen molar-refractivity contribution < 1.29 is 5.11 Å². The minimum absolute atomic E-state index is 0.201. The molecule has 0 aromatic rings. The Bertz CT molecular complexity index is 245. The van der Waals surface area contributed by atoms with Crippen molar-refractivity contribution in [2.24, 2.45) is 11.3 Å². The van der Waals surface area contributed by atoms with Crippen LogP contribution < -0.4 is 5.32 Å². The van der Waals surface area contributed by atoms with Crippen LogP contribution in [0.15, 0.2) is 0 Å². The molecule has 0 heterocycles. The number of nitrogens with one attached hydrogen (secondary N) is 1. The first-order valence-electron chi connectivity index (χ1n) is 6.34. The second kappa shape index (κ2) is 6.22. The Hall–Kier alpha value is -0.590. The maximum Gasteiger partial charge on any atom is 0.0683 e. The molecule has 3 heteroatoms. The van der Waals surface area contributed by atoms with Crippen molar-refractivity contribution in [3.63, 3.8) is 0 Å². The second-order valence-electron chi connectivity index (χ2n) is 5.53. The van der Waals surface area contributed by atoms with E-state index in [2.05, 4.69) is 11.4 Å². The van der Waals surface area contributed by atoms with Gasteiger partial charge in [0.2, 0.25) is 0 Å². The predicted octanol–water partition coefficient (Wildman–Crippen LogP) is 2.07. The van der Waals surface area contributed by atoms with Crippen LogP contribution in [0, 0.1) is 22.7 Å². The quantitative estimate of drug-likeness (QED) is 0.679. The van der Waals surface area contributed by atoms with Gasteiger partial charge >= 0.3 is 0 Å². The number of aliphatic hydroxyl groups excluding tert-OH is 1. The zero-order valence-corrected chi connectivity index (χ0v) is 10.5. The van der Waals surface area contributed by atoms with Crippen LogP contribution in [0.25, 0.3) is 0 Å².